The fourth-order valence-electron chi connectivity index (χ4n) is 2.47. The van der Waals surface area contributed by atoms with E-state index in [-0.39, 0.29) is 12.2 Å². The van der Waals surface area contributed by atoms with Crippen LogP contribution in [0.1, 0.15) is 19.4 Å². The quantitative estimate of drug-likeness (QED) is 0.617. The van der Waals surface area contributed by atoms with Gasteiger partial charge < -0.3 is 14.4 Å². The van der Waals surface area contributed by atoms with Gasteiger partial charge in [0.05, 0.1) is 6.61 Å². The minimum Gasteiger partial charge on any atom is -0.462 e. The highest BCUT2D eigenvalue weighted by Gasteiger charge is 2.47. The third-order valence-electron chi connectivity index (χ3n) is 3.63. The number of cyclic esters (lactones) is 1. The summed E-state index contributed by atoms with van der Waals surface area (Å²) in [7, 11) is 3.72. The Kier molecular flexibility index (Phi) is 4.89. The van der Waals surface area contributed by atoms with Gasteiger partial charge in [0.25, 0.3) is 0 Å². The van der Waals surface area contributed by atoms with Crippen LogP contribution in [-0.2, 0) is 24.7 Å². The number of benzene rings is 1. The molecule has 2 rings (SSSR count). The molecule has 23 heavy (non-hydrogen) atoms. The molecule has 1 heterocycles. The maximum atomic E-state index is 12.3. The van der Waals surface area contributed by atoms with Crippen LogP contribution in [-0.4, -0.2) is 37.5 Å². The van der Waals surface area contributed by atoms with Gasteiger partial charge in [0.1, 0.15) is 0 Å². The molecule has 1 atom stereocenters. The van der Waals surface area contributed by atoms with Gasteiger partial charge in [0.2, 0.25) is 0 Å². The Balaban J connectivity index is 2.59. The fourth-order valence-corrected chi connectivity index (χ4v) is 2.47. The van der Waals surface area contributed by atoms with E-state index in [0.717, 1.165) is 5.56 Å². The first-order chi connectivity index (χ1) is 10.9. The van der Waals surface area contributed by atoms with Crippen LogP contribution in [0.15, 0.2) is 53.8 Å². The molecular formula is C18H21NO4. The largest absolute Gasteiger partial charge is 0.462 e. The second kappa shape index (κ2) is 6.69. The molecule has 1 aliphatic heterocycles. The van der Waals surface area contributed by atoms with Crippen molar-refractivity contribution in [2.45, 2.75) is 19.4 Å². The number of carbonyl (C=O) groups is 2. The third-order valence-corrected chi connectivity index (χ3v) is 3.63. The zero-order chi connectivity index (χ0) is 17.0. The van der Waals surface area contributed by atoms with Crippen LogP contribution in [0.25, 0.3) is 0 Å². The van der Waals surface area contributed by atoms with Crippen LogP contribution < -0.4 is 0 Å². The molecule has 1 aromatic rings. The Morgan fingerprint density at radius 2 is 1.96 bits per heavy atom. The summed E-state index contributed by atoms with van der Waals surface area (Å²) in [6, 6.07) is 9.35. The lowest BCUT2D eigenvalue weighted by molar-refractivity contribution is -0.150. The number of rotatable bonds is 5. The first kappa shape index (κ1) is 16.8. The normalized spacial score (nSPS) is 20.8. The van der Waals surface area contributed by atoms with Crippen LogP contribution in [0.3, 0.4) is 0 Å². The van der Waals surface area contributed by atoms with Crippen LogP contribution in [0.2, 0.25) is 0 Å². The molecule has 0 bridgehead atoms. The third kappa shape index (κ3) is 3.28. The summed E-state index contributed by atoms with van der Waals surface area (Å²) < 4.78 is 10.6. The monoisotopic (exact) mass is 315 g/mol. The van der Waals surface area contributed by atoms with Crippen molar-refractivity contribution >= 4 is 11.9 Å². The summed E-state index contributed by atoms with van der Waals surface area (Å²) in [5.74, 6) is -1.32. The van der Waals surface area contributed by atoms with Gasteiger partial charge in [0, 0.05) is 19.7 Å². The molecule has 1 aliphatic rings. The zero-order valence-corrected chi connectivity index (χ0v) is 13.8. The number of nitrogens with zero attached hydrogens (tertiary/aromatic N) is 1. The van der Waals surface area contributed by atoms with Crippen molar-refractivity contribution in [1.29, 1.82) is 0 Å². The molecule has 0 spiro atoms. The number of carbonyl (C=O) groups excluding carboxylic acids is 2. The second-order valence-electron chi connectivity index (χ2n) is 5.58. The van der Waals surface area contributed by atoms with Crippen molar-refractivity contribution in [3.05, 3.63) is 59.3 Å². The molecule has 5 heteroatoms. The van der Waals surface area contributed by atoms with E-state index in [4.69, 9.17) is 9.47 Å². The predicted molar refractivity (Wildman–Crippen MR) is 86.4 cm³/mol. The lowest BCUT2D eigenvalue weighted by Crippen LogP contribution is -2.24. The van der Waals surface area contributed by atoms with Gasteiger partial charge in [0.15, 0.2) is 11.2 Å². The van der Waals surface area contributed by atoms with Crippen LogP contribution in [0.5, 0.6) is 0 Å². The van der Waals surface area contributed by atoms with E-state index in [2.05, 4.69) is 0 Å². The van der Waals surface area contributed by atoms with E-state index in [1.165, 1.54) is 0 Å². The Bertz CT molecular complexity index is 661. The van der Waals surface area contributed by atoms with Crippen molar-refractivity contribution in [2.24, 2.45) is 0 Å². The summed E-state index contributed by atoms with van der Waals surface area (Å²) in [4.78, 5) is 26.3. The van der Waals surface area contributed by atoms with Gasteiger partial charge in [-0.15, -0.1) is 0 Å². The standard InChI is InChI=1S/C18H21NO4/c1-5-22-16(20)15-14(11-12-19(3)4)18(2,23-17(15)21)13-9-7-6-8-10-13/h6-12H,5H2,1-4H3/b12-11+. The molecule has 0 radical (unpaired) electrons. The van der Waals surface area contributed by atoms with Gasteiger partial charge in [-0.3, -0.25) is 0 Å². The van der Waals surface area contributed by atoms with E-state index < -0.39 is 17.5 Å². The summed E-state index contributed by atoms with van der Waals surface area (Å²) in [6.07, 6.45) is 3.50. The van der Waals surface area contributed by atoms with Crippen LogP contribution in [0.4, 0.5) is 0 Å². The van der Waals surface area contributed by atoms with Crippen LogP contribution >= 0.6 is 0 Å². The van der Waals surface area contributed by atoms with Gasteiger partial charge in [-0.25, -0.2) is 9.59 Å². The maximum absolute atomic E-state index is 12.3. The molecular weight excluding hydrogens is 294 g/mol. The highest BCUT2D eigenvalue weighted by Crippen LogP contribution is 2.42. The summed E-state index contributed by atoms with van der Waals surface area (Å²) in [5.41, 5.74) is 0.232. The molecule has 1 aromatic carbocycles. The highest BCUT2D eigenvalue weighted by atomic mass is 16.6. The van der Waals surface area contributed by atoms with Gasteiger partial charge in [-0.1, -0.05) is 30.3 Å². The van der Waals surface area contributed by atoms with Crippen molar-refractivity contribution in [3.63, 3.8) is 0 Å². The Labute approximate surface area is 136 Å². The molecule has 0 saturated heterocycles. The topological polar surface area (TPSA) is 55.8 Å². The minimum atomic E-state index is -1.02. The van der Waals surface area contributed by atoms with E-state index in [1.807, 2.05) is 49.3 Å². The first-order valence-corrected chi connectivity index (χ1v) is 7.45. The number of esters is 2. The molecule has 0 N–H and O–H groups in total. The zero-order valence-electron chi connectivity index (χ0n) is 13.8. The Morgan fingerprint density at radius 1 is 1.30 bits per heavy atom. The summed E-state index contributed by atoms with van der Waals surface area (Å²) in [6.45, 7) is 3.68. The average Bonchev–Trinajstić information content (AvgIpc) is 2.77. The number of hydrogen-bond donors (Lipinski definition) is 0. The molecule has 5 nitrogen and oxygen atoms in total. The van der Waals surface area contributed by atoms with Crippen molar-refractivity contribution in [3.8, 4) is 0 Å². The van der Waals surface area contributed by atoms with Crippen molar-refractivity contribution in [1.82, 2.24) is 4.90 Å². The van der Waals surface area contributed by atoms with Crippen LogP contribution in [0, 0.1) is 0 Å². The first-order valence-electron chi connectivity index (χ1n) is 7.45. The lowest BCUT2D eigenvalue weighted by atomic mass is 9.86. The average molecular weight is 315 g/mol. The SMILES string of the molecule is CCOC(=O)C1=C(/C=C/N(C)C)C(C)(c2ccccc2)OC1=O. The summed E-state index contributed by atoms with van der Waals surface area (Å²) in [5, 5.41) is 0. The maximum Gasteiger partial charge on any atom is 0.347 e. The predicted octanol–water partition coefficient (Wildman–Crippen LogP) is 2.39. The minimum absolute atomic E-state index is 0.0451. The molecule has 0 aliphatic carbocycles. The highest BCUT2D eigenvalue weighted by molar-refractivity contribution is 6.17. The molecule has 0 saturated carbocycles. The Hall–Kier alpha value is -2.56. The number of ether oxygens (including phenoxy) is 2. The molecule has 0 amide bonds. The number of hydrogen-bond acceptors (Lipinski definition) is 5. The van der Waals surface area contributed by atoms with Gasteiger partial charge in [-0.2, -0.15) is 0 Å². The van der Waals surface area contributed by atoms with E-state index in [1.54, 1.807) is 26.1 Å². The van der Waals surface area contributed by atoms with Gasteiger partial charge >= 0.3 is 11.9 Å². The van der Waals surface area contributed by atoms with Crippen molar-refractivity contribution in [2.75, 3.05) is 20.7 Å². The lowest BCUT2D eigenvalue weighted by Gasteiger charge is -2.26. The smallest absolute Gasteiger partial charge is 0.347 e. The van der Waals surface area contributed by atoms with Crippen molar-refractivity contribution < 1.29 is 19.1 Å². The van der Waals surface area contributed by atoms with E-state index >= 15 is 0 Å². The van der Waals surface area contributed by atoms with Gasteiger partial charge in [-0.05, 0) is 31.7 Å². The van der Waals surface area contributed by atoms with E-state index in [0.29, 0.717) is 5.57 Å². The summed E-state index contributed by atoms with van der Waals surface area (Å²) >= 11 is 0. The molecule has 122 valence electrons. The second-order valence-corrected chi connectivity index (χ2v) is 5.58. The van der Waals surface area contributed by atoms with E-state index in [9.17, 15) is 9.59 Å². The Morgan fingerprint density at radius 3 is 2.52 bits per heavy atom. The molecule has 0 aromatic heterocycles. The molecule has 1 unspecified atom stereocenters. The molecule has 0 fully saturated rings. The fraction of sp³-hybridized carbons (Fsp3) is 0.333.